The van der Waals surface area contributed by atoms with Crippen molar-refractivity contribution in [3.63, 3.8) is 0 Å². The molecule has 1 aromatic heterocycles. The van der Waals surface area contributed by atoms with Gasteiger partial charge in [0.15, 0.2) is 0 Å². The highest BCUT2D eigenvalue weighted by molar-refractivity contribution is 7.07. The van der Waals surface area contributed by atoms with Crippen molar-refractivity contribution in [2.24, 2.45) is 5.92 Å². The smallest absolute Gasteiger partial charge is 0.225 e. The molecule has 0 bridgehead atoms. The molecule has 0 radical (unpaired) electrons. The van der Waals surface area contributed by atoms with Crippen molar-refractivity contribution in [1.82, 2.24) is 10.6 Å². The minimum atomic E-state index is -0.201. The van der Waals surface area contributed by atoms with Crippen molar-refractivity contribution < 1.29 is 9.59 Å². The van der Waals surface area contributed by atoms with Crippen LogP contribution in [0.15, 0.2) is 16.8 Å². The Labute approximate surface area is 104 Å². The highest BCUT2D eigenvalue weighted by Crippen LogP contribution is 2.11. The molecule has 2 N–H and O–H groups in total. The van der Waals surface area contributed by atoms with Gasteiger partial charge in [0, 0.05) is 19.0 Å². The second-order valence-electron chi connectivity index (χ2n) is 4.45. The van der Waals surface area contributed by atoms with Gasteiger partial charge in [0.05, 0.1) is 5.92 Å². The summed E-state index contributed by atoms with van der Waals surface area (Å²) in [6.07, 6.45) is 1.15. The molecule has 1 aliphatic rings. The molecule has 5 heteroatoms. The summed E-state index contributed by atoms with van der Waals surface area (Å²) in [6.45, 7) is 2.45. The van der Waals surface area contributed by atoms with E-state index in [2.05, 4.69) is 22.1 Å². The van der Waals surface area contributed by atoms with E-state index in [4.69, 9.17) is 0 Å². The summed E-state index contributed by atoms with van der Waals surface area (Å²) in [4.78, 5) is 22.8. The molecule has 0 spiro atoms. The van der Waals surface area contributed by atoms with Crippen LogP contribution in [0, 0.1) is 5.92 Å². The van der Waals surface area contributed by atoms with E-state index in [1.54, 1.807) is 11.3 Å². The highest BCUT2D eigenvalue weighted by atomic mass is 32.1. The Kier molecular flexibility index (Phi) is 3.78. The average molecular weight is 252 g/mol. The van der Waals surface area contributed by atoms with Gasteiger partial charge in [-0.2, -0.15) is 11.3 Å². The number of amides is 2. The van der Waals surface area contributed by atoms with E-state index < -0.39 is 0 Å². The van der Waals surface area contributed by atoms with Gasteiger partial charge >= 0.3 is 0 Å². The fourth-order valence-electron chi connectivity index (χ4n) is 1.96. The van der Waals surface area contributed by atoms with Crippen molar-refractivity contribution in [1.29, 1.82) is 0 Å². The van der Waals surface area contributed by atoms with Crippen molar-refractivity contribution >= 4 is 23.2 Å². The summed E-state index contributed by atoms with van der Waals surface area (Å²) in [7, 11) is 0. The Morgan fingerprint density at radius 3 is 3.12 bits per heavy atom. The van der Waals surface area contributed by atoms with Gasteiger partial charge in [-0.05, 0) is 35.7 Å². The van der Waals surface area contributed by atoms with Gasteiger partial charge in [0.1, 0.15) is 0 Å². The summed E-state index contributed by atoms with van der Waals surface area (Å²) in [5, 5.41) is 9.74. The molecule has 4 nitrogen and oxygen atoms in total. The van der Waals surface area contributed by atoms with Crippen LogP contribution in [0.3, 0.4) is 0 Å². The summed E-state index contributed by atoms with van der Waals surface area (Å²) in [5.41, 5.74) is 1.24. The predicted octanol–water partition coefficient (Wildman–Crippen LogP) is 0.931. The number of thiophene rings is 1. The van der Waals surface area contributed by atoms with Crippen LogP contribution in [-0.2, 0) is 16.0 Å². The molecule has 2 amide bonds. The van der Waals surface area contributed by atoms with E-state index in [0.29, 0.717) is 13.0 Å². The third kappa shape index (κ3) is 3.30. The molecule has 1 saturated heterocycles. The Morgan fingerprint density at radius 2 is 2.53 bits per heavy atom. The minimum absolute atomic E-state index is 0.0221. The lowest BCUT2D eigenvalue weighted by atomic mass is 10.1. The Hall–Kier alpha value is -1.36. The quantitative estimate of drug-likeness (QED) is 0.837. The molecular formula is C12H16N2O2S. The maximum atomic E-state index is 11.8. The fourth-order valence-corrected chi connectivity index (χ4v) is 2.65. The first-order chi connectivity index (χ1) is 8.15. The number of carbonyl (C=O) groups is 2. The maximum Gasteiger partial charge on any atom is 0.225 e. The third-order valence-electron chi connectivity index (χ3n) is 2.86. The zero-order chi connectivity index (χ0) is 12.3. The summed E-state index contributed by atoms with van der Waals surface area (Å²) >= 11 is 1.66. The number of carbonyl (C=O) groups excluding carboxylic acids is 2. The molecule has 0 saturated carbocycles. The SMILES string of the molecule is CC(Cc1ccsc1)NC(=O)C1CNC(=O)C1. The first-order valence-electron chi connectivity index (χ1n) is 5.73. The molecule has 0 aliphatic carbocycles. The van der Waals surface area contributed by atoms with Gasteiger partial charge in [0.25, 0.3) is 0 Å². The van der Waals surface area contributed by atoms with Crippen molar-refractivity contribution in [2.45, 2.75) is 25.8 Å². The molecular weight excluding hydrogens is 236 g/mol. The average Bonchev–Trinajstić information content (AvgIpc) is 2.89. The first-order valence-corrected chi connectivity index (χ1v) is 6.67. The van der Waals surface area contributed by atoms with E-state index in [0.717, 1.165) is 6.42 Å². The normalized spacial score (nSPS) is 21.0. The molecule has 92 valence electrons. The molecule has 17 heavy (non-hydrogen) atoms. The third-order valence-corrected chi connectivity index (χ3v) is 3.59. The summed E-state index contributed by atoms with van der Waals surface area (Å²) in [6, 6.07) is 2.17. The lowest BCUT2D eigenvalue weighted by Crippen LogP contribution is -2.39. The standard InChI is InChI=1S/C12H16N2O2S/c1-8(4-9-2-3-17-7-9)14-12(16)10-5-11(15)13-6-10/h2-3,7-8,10H,4-6H2,1H3,(H,13,15)(H,14,16). The second kappa shape index (κ2) is 5.31. The summed E-state index contributed by atoms with van der Waals surface area (Å²) < 4.78 is 0. The number of hydrogen-bond donors (Lipinski definition) is 2. The lowest BCUT2D eigenvalue weighted by molar-refractivity contribution is -0.127. The van der Waals surface area contributed by atoms with E-state index in [9.17, 15) is 9.59 Å². The highest BCUT2D eigenvalue weighted by Gasteiger charge is 2.28. The molecule has 2 unspecified atom stereocenters. The van der Waals surface area contributed by atoms with Crippen molar-refractivity contribution in [2.75, 3.05) is 6.54 Å². The van der Waals surface area contributed by atoms with Crippen LogP contribution in [0.1, 0.15) is 18.9 Å². The first kappa shape index (κ1) is 12.1. The monoisotopic (exact) mass is 252 g/mol. The van der Waals surface area contributed by atoms with Gasteiger partial charge in [0.2, 0.25) is 11.8 Å². The molecule has 1 aromatic rings. The van der Waals surface area contributed by atoms with Crippen LogP contribution in [-0.4, -0.2) is 24.4 Å². The van der Waals surface area contributed by atoms with Gasteiger partial charge in [-0.1, -0.05) is 0 Å². The van der Waals surface area contributed by atoms with Crippen molar-refractivity contribution in [3.8, 4) is 0 Å². The largest absolute Gasteiger partial charge is 0.355 e. The van der Waals surface area contributed by atoms with E-state index in [1.807, 2.05) is 12.3 Å². The zero-order valence-corrected chi connectivity index (χ0v) is 10.5. The molecule has 2 rings (SSSR count). The van der Waals surface area contributed by atoms with E-state index >= 15 is 0 Å². The maximum absolute atomic E-state index is 11.8. The zero-order valence-electron chi connectivity index (χ0n) is 9.73. The van der Waals surface area contributed by atoms with Crippen LogP contribution in [0.2, 0.25) is 0 Å². The van der Waals surface area contributed by atoms with Crippen LogP contribution in [0.4, 0.5) is 0 Å². The van der Waals surface area contributed by atoms with Crippen LogP contribution in [0.25, 0.3) is 0 Å². The Bertz CT molecular complexity index is 403. The topological polar surface area (TPSA) is 58.2 Å². The number of rotatable bonds is 4. The molecule has 2 atom stereocenters. The minimum Gasteiger partial charge on any atom is -0.355 e. The molecule has 0 aromatic carbocycles. The molecule has 2 heterocycles. The Balaban J connectivity index is 1.80. The van der Waals surface area contributed by atoms with E-state index in [-0.39, 0.29) is 23.8 Å². The van der Waals surface area contributed by atoms with Crippen LogP contribution in [0.5, 0.6) is 0 Å². The van der Waals surface area contributed by atoms with Gasteiger partial charge in [-0.15, -0.1) is 0 Å². The second-order valence-corrected chi connectivity index (χ2v) is 5.23. The van der Waals surface area contributed by atoms with Crippen LogP contribution >= 0.6 is 11.3 Å². The van der Waals surface area contributed by atoms with Crippen LogP contribution < -0.4 is 10.6 Å². The van der Waals surface area contributed by atoms with Crippen molar-refractivity contribution in [3.05, 3.63) is 22.4 Å². The molecule has 1 fully saturated rings. The van der Waals surface area contributed by atoms with Gasteiger partial charge < -0.3 is 10.6 Å². The number of hydrogen-bond acceptors (Lipinski definition) is 3. The fraction of sp³-hybridized carbons (Fsp3) is 0.500. The predicted molar refractivity (Wildman–Crippen MR) is 66.7 cm³/mol. The lowest BCUT2D eigenvalue weighted by Gasteiger charge is -2.15. The number of nitrogens with one attached hydrogen (secondary N) is 2. The van der Waals surface area contributed by atoms with Gasteiger partial charge in [-0.25, -0.2) is 0 Å². The summed E-state index contributed by atoms with van der Waals surface area (Å²) in [5.74, 6) is -0.255. The Morgan fingerprint density at radius 1 is 1.71 bits per heavy atom. The van der Waals surface area contributed by atoms with E-state index in [1.165, 1.54) is 5.56 Å². The molecule has 1 aliphatic heterocycles. The van der Waals surface area contributed by atoms with Gasteiger partial charge in [-0.3, -0.25) is 9.59 Å².